The van der Waals surface area contributed by atoms with Gasteiger partial charge < -0.3 is 9.42 Å². The standard InChI is InChI=1S/C18H24N4O4S/c1-3-27(24,25)22-11-9-15(10-12-22)18(23)21(2)13-16-19-17(20-26-16)14-7-5-4-6-8-14/h4-8,15H,3,9-13H2,1-2H3. The SMILES string of the molecule is CCS(=O)(=O)N1CCC(C(=O)N(C)Cc2nc(-c3ccccc3)no2)CC1. The van der Waals surface area contributed by atoms with Gasteiger partial charge in [-0.25, -0.2) is 12.7 Å². The van der Waals surface area contributed by atoms with Crippen molar-refractivity contribution in [2.75, 3.05) is 25.9 Å². The highest BCUT2D eigenvalue weighted by Crippen LogP contribution is 2.22. The number of carbonyl (C=O) groups is 1. The van der Waals surface area contributed by atoms with Crippen molar-refractivity contribution in [1.82, 2.24) is 19.3 Å². The van der Waals surface area contributed by atoms with E-state index in [4.69, 9.17) is 4.52 Å². The Morgan fingerprint density at radius 1 is 1.26 bits per heavy atom. The van der Waals surface area contributed by atoms with Crippen LogP contribution in [0.1, 0.15) is 25.7 Å². The predicted octanol–water partition coefficient (Wildman–Crippen LogP) is 1.76. The van der Waals surface area contributed by atoms with Crippen LogP contribution in [0.4, 0.5) is 0 Å². The molecule has 1 aromatic carbocycles. The van der Waals surface area contributed by atoms with Gasteiger partial charge in [-0.3, -0.25) is 4.79 Å². The Labute approximate surface area is 159 Å². The van der Waals surface area contributed by atoms with E-state index in [9.17, 15) is 13.2 Å². The molecule has 1 saturated heterocycles. The Balaban J connectivity index is 1.57. The van der Waals surface area contributed by atoms with Crippen LogP contribution >= 0.6 is 0 Å². The van der Waals surface area contributed by atoms with Gasteiger partial charge in [-0.2, -0.15) is 4.98 Å². The predicted molar refractivity (Wildman–Crippen MR) is 100.0 cm³/mol. The molecule has 0 spiro atoms. The minimum atomic E-state index is -3.19. The van der Waals surface area contributed by atoms with Crippen LogP contribution in [0.3, 0.4) is 0 Å². The second-order valence-electron chi connectivity index (χ2n) is 6.65. The van der Waals surface area contributed by atoms with Crippen LogP contribution in [0.2, 0.25) is 0 Å². The van der Waals surface area contributed by atoms with Crippen molar-refractivity contribution >= 4 is 15.9 Å². The highest BCUT2D eigenvalue weighted by Gasteiger charge is 2.31. The summed E-state index contributed by atoms with van der Waals surface area (Å²) in [6, 6.07) is 9.48. The first-order chi connectivity index (χ1) is 12.9. The topological polar surface area (TPSA) is 96.6 Å². The van der Waals surface area contributed by atoms with Crippen LogP contribution in [0.5, 0.6) is 0 Å². The molecule has 1 aliphatic heterocycles. The van der Waals surface area contributed by atoms with Gasteiger partial charge in [-0.15, -0.1) is 0 Å². The first-order valence-electron chi connectivity index (χ1n) is 9.01. The minimum Gasteiger partial charge on any atom is -0.337 e. The van der Waals surface area contributed by atoms with E-state index in [1.54, 1.807) is 18.9 Å². The van der Waals surface area contributed by atoms with Gasteiger partial charge in [0.2, 0.25) is 27.6 Å². The lowest BCUT2D eigenvalue weighted by atomic mass is 9.97. The van der Waals surface area contributed by atoms with Gasteiger partial charge in [-0.05, 0) is 19.8 Å². The van der Waals surface area contributed by atoms with E-state index in [1.165, 1.54) is 4.31 Å². The zero-order chi connectivity index (χ0) is 19.4. The van der Waals surface area contributed by atoms with Crippen LogP contribution in [0.15, 0.2) is 34.9 Å². The summed E-state index contributed by atoms with van der Waals surface area (Å²) in [5.41, 5.74) is 0.853. The van der Waals surface area contributed by atoms with E-state index in [0.29, 0.717) is 37.6 Å². The van der Waals surface area contributed by atoms with Gasteiger partial charge in [0, 0.05) is 31.6 Å². The molecular formula is C18H24N4O4S. The average molecular weight is 392 g/mol. The van der Waals surface area contributed by atoms with Crippen molar-refractivity contribution in [2.24, 2.45) is 5.92 Å². The molecule has 0 N–H and O–H groups in total. The molecule has 0 bridgehead atoms. The van der Waals surface area contributed by atoms with E-state index in [0.717, 1.165) is 5.56 Å². The maximum absolute atomic E-state index is 12.7. The second-order valence-corrected chi connectivity index (χ2v) is 8.90. The number of piperidine rings is 1. The largest absolute Gasteiger partial charge is 0.337 e. The van der Waals surface area contributed by atoms with Crippen molar-refractivity contribution in [2.45, 2.75) is 26.3 Å². The van der Waals surface area contributed by atoms with Crippen LogP contribution in [-0.4, -0.2) is 59.6 Å². The molecule has 0 radical (unpaired) electrons. The Kier molecular flexibility index (Phi) is 5.91. The molecule has 1 aliphatic rings. The molecule has 0 saturated carbocycles. The molecule has 8 nitrogen and oxygen atoms in total. The van der Waals surface area contributed by atoms with E-state index >= 15 is 0 Å². The normalized spacial score (nSPS) is 16.4. The Bertz CT molecular complexity index is 874. The quantitative estimate of drug-likeness (QED) is 0.743. The van der Waals surface area contributed by atoms with Crippen LogP contribution in [0, 0.1) is 5.92 Å². The van der Waals surface area contributed by atoms with E-state index in [1.807, 2.05) is 30.3 Å². The summed E-state index contributed by atoms with van der Waals surface area (Å²) in [6.45, 7) is 2.64. The number of aromatic nitrogens is 2. The number of sulfonamides is 1. The molecular weight excluding hydrogens is 368 g/mol. The summed E-state index contributed by atoms with van der Waals surface area (Å²) in [7, 11) is -1.49. The van der Waals surface area contributed by atoms with E-state index in [2.05, 4.69) is 10.1 Å². The fourth-order valence-corrected chi connectivity index (χ4v) is 4.31. The molecule has 2 heterocycles. The van der Waals surface area contributed by atoms with Gasteiger partial charge >= 0.3 is 0 Å². The lowest BCUT2D eigenvalue weighted by Gasteiger charge is -2.32. The van der Waals surface area contributed by atoms with Crippen molar-refractivity contribution in [3.05, 3.63) is 36.2 Å². The number of rotatable bonds is 6. The number of carbonyl (C=O) groups excluding carboxylic acids is 1. The molecule has 3 rings (SSSR count). The third-order valence-corrected chi connectivity index (χ3v) is 6.69. The first-order valence-corrected chi connectivity index (χ1v) is 10.6. The number of hydrogen-bond donors (Lipinski definition) is 0. The van der Waals surface area contributed by atoms with Crippen molar-refractivity contribution in [3.63, 3.8) is 0 Å². The van der Waals surface area contributed by atoms with Crippen molar-refractivity contribution in [1.29, 1.82) is 0 Å². The lowest BCUT2D eigenvalue weighted by molar-refractivity contribution is -0.136. The van der Waals surface area contributed by atoms with E-state index in [-0.39, 0.29) is 24.1 Å². The monoisotopic (exact) mass is 392 g/mol. The fraction of sp³-hybridized carbons (Fsp3) is 0.500. The van der Waals surface area contributed by atoms with Crippen LogP contribution in [-0.2, 0) is 21.4 Å². The molecule has 0 unspecified atom stereocenters. The highest BCUT2D eigenvalue weighted by molar-refractivity contribution is 7.89. The molecule has 2 aromatic rings. The lowest BCUT2D eigenvalue weighted by Crippen LogP contribution is -2.43. The molecule has 27 heavy (non-hydrogen) atoms. The Morgan fingerprint density at radius 3 is 2.56 bits per heavy atom. The zero-order valence-corrected chi connectivity index (χ0v) is 16.4. The van der Waals surface area contributed by atoms with Crippen LogP contribution < -0.4 is 0 Å². The number of amides is 1. The molecule has 9 heteroatoms. The summed E-state index contributed by atoms with van der Waals surface area (Å²) in [5.74, 6) is 0.741. The maximum atomic E-state index is 12.7. The molecule has 1 amide bonds. The second kappa shape index (κ2) is 8.18. The molecule has 0 aliphatic carbocycles. The third kappa shape index (κ3) is 4.54. The minimum absolute atomic E-state index is 0.0250. The zero-order valence-electron chi connectivity index (χ0n) is 15.5. The fourth-order valence-electron chi connectivity index (χ4n) is 3.18. The van der Waals surface area contributed by atoms with Gasteiger partial charge in [0.15, 0.2) is 0 Å². The summed E-state index contributed by atoms with van der Waals surface area (Å²) in [4.78, 5) is 18.6. The van der Waals surface area contributed by atoms with Gasteiger partial charge in [0.05, 0.1) is 12.3 Å². The van der Waals surface area contributed by atoms with Gasteiger partial charge in [-0.1, -0.05) is 35.5 Å². The molecule has 0 atom stereocenters. The Morgan fingerprint density at radius 2 is 1.93 bits per heavy atom. The summed E-state index contributed by atoms with van der Waals surface area (Å²) >= 11 is 0. The summed E-state index contributed by atoms with van der Waals surface area (Å²) in [5, 5.41) is 3.96. The third-order valence-electron chi connectivity index (χ3n) is 4.81. The number of nitrogens with zero attached hydrogens (tertiary/aromatic N) is 4. The van der Waals surface area contributed by atoms with Crippen molar-refractivity contribution < 1.29 is 17.7 Å². The van der Waals surface area contributed by atoms with Gasteiger partial charge in [0.1, 0.15) is 0 Å². The summed E-state index contributed by atoms with van der Waals surface area (Å²) < 4.78 is 30.6. The molecule has 1 aromatic heterocycles. The smallest absolute Gasteiger partial charge is 0.246 e. The maximum Gasteiger partial charge on any atom is 0.246 e. The molecule has 146 valence electrons. The average Bonchev–Trinajstić information content (AvgIpc) is 3.16. The first kappa shape index (κ1) is 19.5. The Hall–Kier alpha value is -2.26. The molecule has 1 fully saturated rings. The summed E-state index contributed by atoms with van der Waals surface area (Å²) in [6.07, 6.45) is 1.06. The van der Waals surface area contributed by atoms with Crippen molar-refractivity contribution in [3.8, 4) is 11.4 Å². The van der Waals surface area contributed by atoms with Gasteiger partial charge in [0.25, 0.3) is 0 Å². The number of hydrogen-bond acceptors (Lipinski definition) is 6. The van der Waals surface area contributed by atoms with Crippen LogP contribution in [0.25, 0.3) is 11.4 Å². The van der Waals surface area contributed by atoms with E-state index < -0.39 is 10.0 Å². The number of benzene rings is 1. The highest BCUT2D eigenvalue weighted by atomic mass is 32.2.